The van der Waals surface area contributed by atoms with Crippen LogP contribution in [0.4, 0.5) is 0 Å². The zero-order chi connectivity index (χ0) is 18.8. The van der Waals surface area contributed by atoms with Crippen LogP contribution in [-0.2, 0) is 16.0 Å². The van der Waals surface area contributed by atoms with Crippen molar-refractivity contribution in [1.29, 1.82) is 0 Å². The molecule has 0 unspecified atom stereocenters. The van der Waals surface area contributed by atoms with Crippen molar-refractivity contribution < 1.29 is 9.53 Å². The molecule has 0 N–H and O–H groups in total. The fourth-order valence-electron chi connectivity index (χ4n) is 4.94. The molecule has 0 bridgehead atoms. The highest BCUT2D eigenvalue weighted by molar-refractivity contribution is 6.82. The topological polar surface area (TPSA) is 31.2 Å². The van der Waals surface area contributed by atoms with Crippen LogP contribution in [0.15, 0.2) is 30.5 Å². The van der Waals surface area contributed by atoms with Gasteiger partial charge in [0.25, 0.3) is 0 Å². The maximum atomic E-state index is 11.6. The van der Waals surface area contributed by atoms with E-state index in [9.17, 15) is 4.79 Å². The van der Waals surface area contributed by atoms with Crippen molar-refractivity contribution in [1.82, 2.24) is 4.23 Å². The van der Waals surface area contributed by atoms with E-state index >= 15 is 0 Å². The minimum absolute atomic E-state index is 0.142. The quantitative estimate of drug-likeness (QED) is 0.464. The van der Waals surface area contributed by atoms with Gasteiger partial charge in [0.1, 0.15) is 0 Å². The van der Waals surface area contributed by atoms with Crippen molar-refractivity contribution >= 4 is 25.1 Å². The van der Waals surface area contributed by atoms with Gasteiger partial charge >= 0.3 is 5.97 Å². The summed E-state index contributed by atoms with van der Waals surface area (Å²) in [6.07, 6.45) is 3.52. The first kappa shape index (κ1) is 19.8. The number of aryl methyl sites for hydroxylation is 1. The molecule has 2 aromatic rings. The highest BCUT2D eigenvalue weighted by Crippen LogP contribution is 2.44. The predicted molar refractivity (Wildman–Crippen MR) is 109 cm³/mol. The van der Waals surface area contributed by atoms with Gasteiger partial charge < -0.3 is 8.97 Å². The molecule has 2 rings (SSSR count). The zero-order valence-corrected chi connectivity index (χ0v) is 17.8. The van der Waals surface area contributed by atoms with Gasteiger partial charge in [-0.1, -0.05) is 59.7 Å². The summed E-state index contributed by atoms with van der Waals surface area (Å²) in [5.74, 6) is -0.142. The van der Waals surface area contributed by atoms with Crippen LogP contribution in [-0.4, -0.2) is 25.5 Å². The second-order valence-electron chi connectivity index (χ2n) is 7.97. The second-order valence-corrected chi connectivity index (χ2v) is 13.7. The fourth-order valence-corrected chi connectivity index (χ4v) is 11.6. The van der Waals surface area contributed by atoms with E-state index in [0.717, 1.165) is 6.42 Å². The van der Waals surface area contributed by atoms with E-state index in [2.05, 4.69) is 76.2 Å². The predicted octanol–water partition coefficient (Wildman–Crippen LogP) is 5.77. The van der Waals surface area contributed by atoms with Gasteiger partial charge in [-0.15, -0.1) is 0 Å². The first-order valence-corrected chi connectivity index (χ1v) is 11.6. The summed E-state index contributed by atoms with van der Waals surface area (Å²) in [7, 11) is -0.353. The Balaban J connectivity index is 2.66. The molecule has 1 aromatic heterocycles. The fraction of sp³-hybridized carbons (Fsp3) is 0.571. The van der Waals surface area contributed by atoms with Gasteiger partial charge in [0.2, 0.25) is 0 Å². The number of carbonyl (C=O) groups excluding carboxylic acids is 1. The molecule has 0 aliphatic heterocycles. The Morgan fingerprint density at radius 1 is 1.04 bits per heavy atom. The number of fused-ring (bicyclic) bond motifs is 1. The zero-order valence-electron chi connectivity index (χ0n) is 16.8. The molecule has 0 aliphatic carbocycles. The summed E-state index contributed by atoms with van der Waals surface area (Å²) < 4.78 is 7.47. The smallest absolute Gasteiger partial charge is 0.305 e. The first-order chi connectivity index (χ1) is 11.8. The van der Waals surface area contributed by atoms with Crippen LogP contribution in [0.5, 0.6) is 0 Å². The number of hydrogen-bond acceptors (Lipinski definition) is 2. The number of para-hydroxylation sites is 1. The lowest BCUT2D eigenvalue weighted by Gasteiger charge is -2.44. The highest BCUT2D eigenvalue weighted by atomic mass is 28.3. The highest BCUT2D eigenvalue weighted by Gasteiger charge is 2.45. The number of benzene rings is 1. The molecule has 0 atom stereocenters. The summed E-state index contributed by atoms with van der Waals surface area (Å²) in [6.45, 7) is 14.3. The Hall–Kier alpha value is -1.55. The van der Waals surface area contributed by atoms with E-state index in [4.69, 9.17) is 4.74 Å². The standard InChI is InChI=1S/C21H33NO2Si/c1-15(2)25(16(3)4,17(5)6)22-14-18(12-13-21(23)24-7)19-10-8-9-11-20(19)22/h8-11,14-17H,12-13H2,1-7H3. The number of hydrogen-bond donors (Lipinski definition) is 0. The van der Waals surface area contributed by atoms with Crippen molar-refractivity contribution in [3.8, 4) is 0 Å². The Bertz CT molecular complexity index is 709. The molecule has 0 fully saturated rings. The molecular weight excluding hydrogens is 326 g/mol. The van der Waals surface area contributed by atoms with Crippen LogP contribution >= 0.6 is 0 Å². The lowest BCUT2D eigenvalue weighted by atomic mass is 10.1. The Labute approximate surface area is 153 Å². The molecule has 0 aliphatic rings. The van der Waals surface area contributed by atoms with Gasteiger partial charge in [-0.2, -0.15) is 0 Å². The minimum atomic E-state index is -1.81. The maximum Gasteiger partial charge on any atom is 0.305 e. The third-order valence-electron chi connectivity index (χ3n) is 5.81. The average Bonchev–Trinajstić information content (AvgIpc) is 2.91. The molecular formula is C21H33NO2Si. The van der Waals surface area contributed by atoms with Crippen molar-refractivity contribution in [2.24, 2.45) is 0 Å². The lowest BCUT2D eigenvalue weighted by molar-refractivity contribution is -0.140. The van der Waals surface area contributed by atoms with Gasteiger partial charge in [-0.25, -0.2) is 0 Å². The van der Waals surface area contributed by atoms with Crippen LogP contribution in [0.2, 0.25) is 16.6 Å². The summed E-state index contributed by atoms with van der Waals surface area (Å²) in [6, 6.07) is 8.66. The molecule has 3 nitrogen and oxygen atoms in total. The lowest BCUT2D eigenvalue weighted by Crippen LogP contribution is -2.51. The molecule has 0 spiro atoms. The van der Waals surface area contributed by atoms with Crippen molar-refractivity contribution in [3.05, 3.63) is 36.0 Å². The number of carbonyl (C=O) groups is 1. The molecule has 138 valence electrons. The van der Waals surface area contributed by atoms with Crippen LogP contribution in [0.1, 0.15) is 53.5 Å². The number of rotatable bonds is 7. The Morgan fingerprint density at radius 2 is 1.60 bits per heavy atom. The molecule has 0 amide bonds. The molecule has 1 aromatic carbocycles. The molecule has 25 heavy (non-hydrogen) atoms. The van der Waals surface area contributed by atoms with Gasteiger partial charge in [-0.3, -0.25) is 4.79 Å². The SMILES string of the molecule is COC(=O)CCc1cn([Si](C(C)C)(C(C)C)C(C)C)c2ccccc12. The first-order valence-electron chi connectivity index (χ1n) is 9.43. The third-order valence-corrected chi connectivity index (χ3v) is 12.6. The number of esters is 1. The van der Waals surface area contributed by atoms with Gasteiger partial charge in [0, 0.05) is 17.3 Å². The largest absolute Gasteiger partial charge is 0.469 e. The van der Waals surface area contributed by atoms with E-state index in [1.54, 1.807) is 0 Å². The normalized spacial score (nSPS) is 12.6. The monoisotopic (exact) mass is 359 g/mol. The summed E-state index contributed by atoms with van der Waals surface area (Å²) in [4.78, 5) is 11.6. The van der Waals surface area contributed by atoms with E-state index in [1.807, 2.05) is 0 Å². The Morgan fingerprint density at radius 3 is 2.12 bits per heavy atom. The summed E-state index contributed by atoms with van der Waals surface area (Å²) in [5.41, 5.74) is 4.50. The minimum Gasteiger partial charge on any atom is -0.469 e. The third kappa shape index (κ3) is 3.41. The van der Waals surface area contributed by atoms with E-state index in [-0.39, 0.29) is 5.97 Å². The van der Waals surface area contributed by atoms with Gasteiger partial charge in [-0.05, 0) is 40.9 Å². The van der Waals surface area contributed by atoms with Crippen LogP contribution < -0.4 is 0 Å². The Kier molecular flexibility index (Phi) is 6.15. The number of ether oxygens (including phenoxy) is 1. The average molecular weight is 360 g/mol. The molecule has 0 radical (unpaired) electrons. The number of nitrogens with zero attached hydrogens (tertiary/aromatic N) is 1. The molecule has 0 saturated carbocycles. The molecule has 1 heterocycles. The van der Waals surface area contributed by atoms with Crippen LogP contribution in [0.3, 0.4) is 0 Å². The van der Waals surface area contributed by atoms with E-state index in [0.29, 0.717) is 23.0 Å². The molecule has 0 saturated heterocycles. The van der Waals surface area contributed by atoms with Crippen LogP contribution in [0.25, 0.3) is 10.9 Å². The van der Waals surface area contributed by atoms with Gasteiger partial charge in [0.05, 0.1) is 7.11 Å². The summed E-state index contributed by atoms with van der Waals surface area (Å²) in [5, 5.41) is 1.28. The molecule has 4 heteroatoms. The van der Waals surface area contributed by atoms with Crippen molar-refractivity contribution in [2.75, 3.05) is 7.11 Å². The van der Waals surface area contributed by atoms with Crippen LogP contribution in [0, 0.1) is 0 Å². The number of aromatic nitrogens is 1. The maximum absolute atomic E-state index is 11.6. The van der Waals surface area contributed by atoms with E-state index < -0.39 is 8.24 Å². The second kappa shape index (κ2) is 7.77. The number of methoxy groups -OCH3 is 1. The van der Waals surface area contributed by atoms with Crippen molar-refractivity contribution in [3.63, 3.8) is 0 Å². The van der Waals surface area contributed by atoms with Gasteiger partial charge in [0.15, 0.2) is 8.24 Å². The summed E-state index contributed by atoms with van der Waals surface area (Å²) >= 11 is 0. The van der Waals surface area contributed by atoms with E-state index in [1.165, 1.54) is 23.6 Å². The van der Waals surface area contributed by atoms with Crippen molar-refractivity contribution in [2.45, 2.75) is 71.0 Å².